The van der Waals surface area contributed by atoms with Crippen LogP contribution in [0.3, 0.4) is 0 Å². The van der Waals surface area contributed by atoms with Gasteiger partial charge < -0.3 is 25.0 Å². The Balaban J connectivity index is 1.60. The van der Waals surface area contributed by atoms with Gasteiger partial charge in [-0.15, -0.1) is 0 Å². The van der Waals surface area contributed by atoms with E-state index in [0.717, 1.165) is 30.6 Å². The smallest absolute Gasteiger partial charge is 0.409 e. The second-order valence-corrected chi connectivity index (χ2v) is 6.29. The maximum atomic E-state index is 12.0. The van der Waals surface area contributed by atoms with Crippen LogP contribution in [0.15, 0.2) is 24.3 Å². The van der Waals surface area contributed by atoms with Crippen molar-refractivity contribution in [1.29, 1.82) is 0 Å². The molecule has 144 valence electrons. The summed E-state index contributed by atoms with van der Waals surface area (Å²) in [6, 6.07) is 8.09. The molecule has 7 nitrogen and oxygen atoms in total. The number of benzene rings is 1. The van der Waals surface area contributed by atoms with Crippen molar-refractivity contribution in [2.24, 2.45) is 0 Å². The number of ether oxygens (including phenoxy) is 2. The summed E-state index contributed by atoms with van der Waals surface area (Å²) in [7, 11) is 1.64. The van der Waals surface area contributed by atoms with Crippen LogP contribution in [-0.2, 0) is 16.0 Å². The summed E-state index contributed by atoms with van der Waals surface area (Å²) in [6.07, 6.45) is 2.17. The molecule has 0 atom stereocenters. The fraction of sp³-hybridized carbons (Fsp3) is 0.579. The van der Waals surface area contributed by atoms with Crippen LogP contribution in [0.2, 0.25) is 0 Å². The zero-order chi connectivity index (χ0) is 18.8. The number of rotatable bonds is 8. The molecule has 0 unspecified atom stereocenters. The number of methoxy groups -OCH3 is 1. The van der Waals surface area contributed by atoms with E-state index in [1.807, 2.05) is 24.3 Å². The second-order valence-electron chi connectivity index (χ2n) is 6.29. The molecule has 0 saturated carbocycles. The summed E-state index contributed by atoms with van der Waals surface area (Å²) < 4.78 is 10.2. The Morgan fingerprint density at radius 2 is 2.04 bits per heavy atom. The summed E-state index contributed by atoms with van der Waals surface area (Å²) >= 11 is 0. The van der Waals surface area contributed by atoms with Crippen LogP contribution in [0.25, 0.3) is 0 Å². The van der Waals surface area contributed by atoms with Crippen LogP contribution < -0.4 is 15.4 Å². The highest BCUT2D eigenvalue weighted by Gasteiger charge is 2.23. The molecule has 1 fully saturated rings. The topological polar surface area (TPSA) is 79.9 Å². The van der Waals surface area contributed by atoms with Gasteiger partial charge in [0.05, 0.1) is 20.3 Å². The minimum atomic E-state index is -0.249. The fourth-order valence-electron chi connectivity index (χ4n) is 2.95. The van der Waals surface area contributed by atoms with E-state index in [1.54, 1.807) is 18.9 Å². The molecule has 1 heterocycles. The van der Waals surface area contributed by atoms with Gasteiger partial charge >= 0.3 is 6.09 Å². The van der Waals surface area contributed by atoms with E-state index in [0.29, 0.717) is 32.8 Å². The van der Waals surface area contributed by atoms with E-state index in [9.17, 15) is 9.59 Å². The molecular weight excluding hydrogens is 334 g/mol. The monoisotopic (exact) mass is 363 g/mol. The van der Waals surface area contributed by atoms with Crippen LogP contribution in [0, 0.1) is 0 Å². The van der Waals surface area contributed by atoms with Crippen LogP contribution in [0.4, 0.5) is 4.79 Å². The van der Waals surface area contributed by atoms with Gasteiger partial charge in [0.2, 0.25) is 5.91 Å². The van der Waals surface area contributed by atoms with E-state index >= 15 is 0 Å². The summed E-state index contributed by atoms with van der Waals surface area (Å²) in [6.45, 7) is 4.41. The summed E-state index contributed by atoms with van der Waals surface area (Å²) in [4.78, 5) is 25.3. The molecule has 1 aliphatic rings. The van der Waals surface area contributed by atoms with Gasteiger partial charge in [0, 0.05) is 25.7 Å². The minimum absolute atomic E-state index is 0.0132. The average molecular weight is 363 g/mol. The molecule has 1 aromatic rings. The first-order chi connectivity index (χ1) is 12.6. The van der Waals surface area contributed by atoms with Crippen molar-refractivity contribution in [3.05, 3.63) is 29.8 Å². The number of carbonyl (C=O) groups is 2. The van der Waals surface area contributed by atoms with Crippen molar-refractivity contribution in [2.75, 3.05) is 39.9 Å². The van der Waals surface area contributed by atoms with Gasteiger partial charge in [0.25, 0.3) is 0 Å². The number of likely N-dealkylation sites (tertiary alicyclic amines) is 1. The summed E-state index contributed by atoms with van der Waals surface area (Å²) in [5.41, 5.74) is 1.13. The van der Waals surface area contributed by atoms with Gasteiger partial charge in [-0.1, -0.05) is 12.1 Å². The zero-order valence-corrected chi connectivity index (χ0v) is 15.6. The van der Waals surface area contributed by atoms with Gasteiger partial charge in [-0.3, -0.25) is 4.79 Å². The molecule has 1 aliphatic heterocycles. The van der Waals surface area contributed by atoms with Crippen molar-refractivity contribution < 1.29 is 19.1 Å². The molecule has 0 aliphatic carbocycles. The minimum Gasteiger partial charge on any atom is -0.497 e. The first-order valence-electron chi connectivity index (χ1n) is 9.17. The Morgan fingerprint density at radius 1 is 1.27 bits per heavy atom. The number of hydrogen-bond donors (Lipinski definition) is 2. The number of amides is 2. The maximum Gasteiger partial charge on any atom is 0.409 e. The third-order valence-electron chi connectivity index (χ3n) is 4.44. The van der Waals surface area contributed by atoms with Gasteiger partial charge in [-0.2, -0.15) is 0 Å². The quantitative estimate of drug-likeness (QED) is 0.733. The van der Waals surface area contributed by atoms with Crippen molar-refractivity contribution >= 4 is 12.0 Å². The molecule has 0 bridgehead atoms. The number of piperidine rings is 1. The second kappa shape index (κ2) is 10.7. The lowest BCUT2D eigenvalue weighted by molar-refractivity contribution is -0.120. The third kappa shape index (κ3) is 6.55. The fourth-order valence-corrected chi connectivity index (χ4v) is 2.95. The first-order valence-corrected chi connectivity index (χ1v) is 9.17. The van der Waals surface area contributed by atoms with Crippen LogP contribution in [-0.4, -0.2) is 62.8 Å². The van der Waals surface area contributed by atoms with Gasteiger partial charge in [0.1, 0.15) is 5.75 Å². The normalized spacial score (nSPS) is 14.8. The number of nitrogens with one attached hydrogen (secondary N) is 2. The lowest BCUT2D eigenvalue weighted by Gasteiger charge is -2.31. The standard InChI is InChI=1S/C19H29N3O4/c1-3-26-19(24)22-11-8-16(9-12-22)21-14-18(23)20-10-7-15-5-4-6-17(13-15)25-2/h4-6,13,16,21H,3,7-12,14H2,1-2H3,(H,20,23). The lowest BCUT2D eigenvalue weighted by Crippen LogP contribution is -2.47. The van der Waals surface area contributed by atoms with Crippen molar-refractivity contribution in [3.63, 3.8) is 0 Å². The number of nitrogens with zero attached hydrogens (tertiary/aromatic N) is 1. The van der Waals surface area contributed by atoms with Crippen molar-refractivity contribution in [3.8, 4) is 5.75 Å². The van der Waals surface area contributed by atoms with Crippen LogP contribution >= 0.6 is 0 Å². The number of carbonyl (C=O) groups excluding carboxylic acids is 2. The molecular formula is C19H29N3O4. The van der Waals surface area contributed by atoms with Crippen LogP contribution in [0.5, 0.6) is 5.75 Å². The summed E-state index contributed by atoms with van der Waals surface area (Å²) in [5.74, 6) is 0.811. The summed E-state index contributed by atoms with van der Waals surface area (Å²) in [5, 5.41) is 6.19. The molecule has 2 N–H and O–H groups in total. The Morgan fingerprint density at radius 3 is 2.73 bits per heavy atom. The van der Waals surface area contributed by atoms with Crippen LogP contribution in [0.1, 0.15) is 25.3 Å². The highest BCUT2D eigenvalue weighted by atomic mass is 16.6. The Labute approximate surface area is 155 Å². The SMILES string of the molecule is CCOC(=O)N1CCC(NCC(=O)NCCc2cccc(OC)c2)CC1. The Kier molecular flexibility index (Phi) is 8.21. The van der Waals surface area contributed by atoms with Gasteiger partial charge in [0.15, 0.2) is 0 Å². The molecule has 1 aromatic carbocycles. The Bertz CT molecular complexity index is 586. The molecule has 2 rings (SSSR count). The van der Waals surface area contributed by atoms with E-state index in [-0.39, 0.29) is 18.0 Å². The van der Waals surface area contributed by atoms with E-state index in [2.05, 4.69) is 10.6 Å². The number of hydrogen-bond acceptors (Lipinski definition) is 5. The van der Waals surface area contributed by atoms with E-state index in [1.165, 1.54) is 0 Å². The van der Waals surface area contributed by atoms with Crippen molar-refractivity contribution in [1.82, 2.24) is 15.5 Å². The molecule has 26 heavy (non-hydrogen) atoms. The highest BCUT2D eigenvalue weighted by molar-refractivity contribution is 5.78. The lowest BCUT2D eigenvalue weighted by atomic mass is 10.1. The van der Waals surface area contributed by atoms with Gasteiger partial charge in [-0.25, -0.2) is 4.79 Å². The zero-order valence-electron chi connectivity index (χ0n) is 15.6. The Hall–Kier alpha value is -2.28. The predicted octanol–water partition coefficient (Wildman–Crippen LogP) is 1.56. The van der Waals surface area contributed by atoms with Crippen molar-refractivity contribution in [2.45, 2.75) is 32.2 Å². The molecule has 0 radical (unpaired) electrons. The predicted molar refractivity (Wildman–Crippen MR) is 99.3 cm³/mol. The molecule has 0 aromatic heterocycles. The van der Waals surface area contributed by atoms with E-state index in [4.69, 9.17) is 9.47 Å². The maximum absolute atomic E-state index is 12.0. The largest absolute Gasteiger partial charge is 0.497 e. The third-order valence-corrected chi connectivity index (χ3v) is 4.44. The molecule has 0 spiro atoms. The molecule has 7 heteroatoms. The van der Waals surface area contributed by atoms with Gasteiger partial charge in [-0.05, 0) is 43.9 Å². The molecule has 1 saturated heterocycles. The molecule has 2 amide bonds. The van der Waals surface area contributed by atoms with E-state index < -0.39 is 0 Å². The highest BCUT2D eigenvalue weighted by Crippen LogP contribution is 2.13. The first kappa shape index (κ1) is 20.0. The average Bonchev–Trinajstić information content (AvgIpc) is 2.67.